The monoisotopic (exact) mass is 414 g/mol. The van der Waals surface area contributed by atoms with Crippen LogP contribution < -0.4 is 14.5 Å². The lowest BCUT2D eigenvalue weighted by Crippen LogP contribution is -2.47. The second-order valence-electron chi connectivity index (χ2n) is 7.76. The van der Waals surface area contributed by atoms with Crippen LogP contribution in [-0.4, -0.2) is 25.0 Å². The number of nitrogens with zero attached hydrogens (tertiary/aromatic N) is 2. The Morgan fingerprint density at radius 2 is 1.58 bits per heavy atom. The van der Waals surface area contributed by atoms with E-state index in [9.17, 15) is 9.59 Å². The zero-order chi connectivity index (χ0) is 22.0. The number of ether oxygens (including phenoxy) is 1. The minimum atomic E-state index is -0.159. The quantitative estimate of drug-likeness (QED) is 0.587. The fourth-order valence-electron chi connectivity index (χ4n) is 4.46. The van der Waals surface area contributed by atoms with Crippen molar-refractivity contribution in [3.05, 3.63) is 90.0 Å². The molecule has 31 heavy (non-hydrogen) atoms. The van der Waals surface area contributed by atoms with Crippen molar-refractivity contribution in [3.8, 4) is 5.75 Å². The van der Waals surface area contributed by atoms with E-state index in [4.69, 9.17) is 4.74 Å². The molecule has 4 rings (SSSR count). The Morgan fingerprint density at radius 3 is 2.29 bits per heavy atom. The minimum absolute atomic E-state index is 0.0253. The van der Waals surface area contributed by atoms with Gasteiger partial charge in [0.05, 0.1) is 18.7 Å². The fraction of sp³-hybridized carbons (Fsp3) is 0.231. The summed E-state index contributed by atoms with van der Waals surface area (Å²) in [5.74, 6) is 0.418. The van der Waals surface area contributed by atoms with Crippen molar-refractivity contribution in [1.29, 1.82) is 0 Å². The molecule has 0 N–H and O–H groups in total. The second-order valence-corrected chi connectivity index (χ2v) is 7.76. The summed E-state index contributed by atoms with van der Waals surface area (Å²) in [7, 11) is 1.57. The largest absolute Gasteiger partial charge is 0.496 e. The molecule has 3 aromatic rings. The summed E-state index contributed by atoms with van der Waals surface area (Å²) >= 11 is 0. The summed E-state index contributed by atoms with van der Waals surface area (Å²) < 4.78 is 5.43. The molecule has 3 aromatic carbocycles. The van der Waals surface area contributed by atoms with Crippen molar-refractivity contribution in [2.75, 3.05) is 16.9 Å². The van der Waals surface area contributed by atoms with Crippen molar-refractivity contribution in [2.45, 2.75) is 32.4 Å². The standard InChI is InChI=1S/C26H26N2O3/c1-18-17-24(28(19(2)29)20-11-5-4-6-12-20)21-13-7-9-15-23(21)27(18)26(30)22-14-8-10-16-25(22)31-3/h4-16,18,24H,17H2,1-3H3. The number of hydrogen-bond donors (Lipinski definition) is 0. The SMILES string of the molecule is COc1ccccc1C(=O)N1c2ccccc2C(N(C(C)=O)c2ccccc2)CC1C. The molecule has 2 unspecified atom stereocenters. The number of anilines is 2. The minimum Gasteiger partial charge on any atom is -0.496 e. The van der Waals surface area contributed by atoms with Crippen molar-refractivity contribution < 1.29 is 14.3 Å². The summed E-state index contributed by atoms with van der Waals surface area (Å²) in [6, 6.07) is 24.5. The molecule has 1 aliphatic heterocycles. The van der Waals surface area contributed by atoms with Crippen LogP contribution >= 0.6 is 0 Å². The summed E-state index contributed by atoms with van der Waals surface area (Å²) in [6.07, 6.45) is 0.631. The lowest BCUT2D eigenvalue weighted by Gasteiger charge is -2.43. The molecule has 0 saturated heterocycles. The Kier molecular flexibility index (Phi) is 5.76. The van der Waals surface area contributed by atoms with E-state index in [2.05, 4.69) is 0 Å². The van der Waals surface area contributed by atoms with Gasteiger partial charge in [0.25, 0.3) is 5.91 Å². The van der Waals surface area contributed by atoms with E-state index in [1.807, 2.05) is 83.5 Å². The maximum absolute atomic E-state index is 13.6. The molecule has 0 bridgehead atoms. The van der Waals surface area contributed by atoms with Gasteiger partial charge in [-0.2, -0.15) is 0 Å². The van der Waals surface area contributed by atoms with Crippen molar-refractivity contribution in [3.63, 3.8) is 0 Å². The molecule has 0 fully saturated rings. The number of rotatable bonds is 4. The lowest BCUT2D eigenvalue weighted by molar-refractivity contribution is -0.117. The highest BCUT2D eigenvalue weighted by molar-refractivity contribution is 6.09. The second kappa shape index (κ2) is 8.64. The highest BCUT2D eigenvalue weighted by atomic mass is 16.5. The maximum atomic E-state index is 13.6. The van der Waals surface area contributed by atoms with Gasteiger partial charge in [-0.25, -0.2) is 0 Å². The summed E-state index contributed by atoms with van der Waals surface area (Å²) in [4.78, 5) is 30.0. The number of benzene rings is 3. The number of hydrogen-bond acceptors (Lipinski definition) is 3. The molecule has 5 heteroatoms. The van der Waals surface area contributed by atoms with Crippen LogP contribution in [0.1, 0.15) is 42.2 Å². The number of carbonyl (C=O) groups excluding carboxylic acids is 2. The van der Waals surface area contributed by atoms with E-state index < -0.39 is 0 Å². The van der Waals surface area contributed by atoms with Crippen LogP contribution in [-0.2, 0) is 4.79 Å². The van der Waals surface area contributed by atoms with E-state index in [0.29, 0.717) is 17.7 Å². The number of methoxy groups -OCH3 is 1. The molecule has 0 aliphatic carbocycles. The van der Waals surface area contributed by atoms with Gasteiger partial charge in [0.1, 0.15) is 5.75 Å². The highest BCUT2D eigenvalue weighted by Gasteiger charge is 2.38. The van der Waals surface area contributed by atoms with Gasteiger partial charge < -0.3 is 14.5 Å². The molecule has 1 heterocycles. The van der Waals surface area contributed by atoms with Gasteiger partial charge in [-0.1, -0.05) is 48.5 Å². The Bertz CT molecular complexity index is 1100. The van der Waals surface area contributed by atoms with Gasteiger partial charge in [0.2, 0.25) is 5.91 Å². The van der Waals surface area contributed by atoms with Crippen LogP contribution in [0.2, 0.25) is 0 Å². The molecule has 0 radical (unpaired) electrons. The molecule has 158 valence electrons. The number of amides is 2. The van der Waals surface area contributed by atoms with Gasteiger partial charge in [-0.05, 0) is 49.2 Å². The number of carbonyl (C=O) groups is 2. The Labute approximate surface area is 182 Å². The summed E-state index contributed by atoms with van der Waals surface area (Å²) in [6.45, 7) is 3.62. The summed E-state index contributed by atoms with van der Waals surface area (Å²) in [5, 5.41) is 0. The van der Waals surface area contributed by atoms with Crippen LogP contribution in [0, 0.1) is 0 Å². The average molecular weight is 415 g/mol. The molecule has 0 saturated carbocycles. The van der Waals surface area contributed by atoms with Gasteiger partial charge in [0, 0.05) is 24.3 Å². The van der Waals surface area contributed by atoms with Crippen LogP contribution in [0.5, 0.6) is 5.75 Å². The molecule has 2 atom stereocenters. The number of para-hydroxylation sites is 3. The zero-order valence-electron chi connectivity index (χ0n) is 18.0. The molecule has 0 aromatic heterocycles. The van der Waals surface area contributed by atoms with Crippen molar-refractivity contribution in [2.24, 2.45) is 0 Å². The van der Waals surface area contributed by atoms with Crippen LogP contribution in [0.3, 0.4) is 0 Å². The number of fused-ring (bicyclic) bond motifs is 1. The van der Waals surface area contributed by atoms with Crippen LogP contribution in [0.15, 0.2) is 78.9 Å². The smallest absolute Gasteiger partial charge is 0.262 e. The van der Waals surface area contributed by atoms with Crippen LogP contribution in [0.25, 0.3) is 0 Å². The first-order chi connectivity index (χ1) is 15.0. The van der Waals surface area contributed by atoms with Crippen LogP contribution in [0.4, 0.5) is 11.4 Å². The lowest BCUT2D eigenvalue weighted by atomic mass is 9.89. The van der Waals surface area contributed by atoms with Gasteiger partial charge in [-0.15, -0.1) is 0 Å². The topological polar surface area (TPSA) is 49.9 Å². The first kappa shape index (κ1) is 20.7. The summed E-state index contributed by atoms with van der Waals surface area (Å²) in [5.41, 5.74) is 3.16. The first-order valence-corrected chi connectivity index (χ1v) is 10.4. The van der Waals surface area contributed by atoms with Gasteiger partial charge >= 0.3 is 0 Å². The van der Waals surface area contributed by atoms with Gasteiger partial charge in [-0.3, -0.25) is 9.59 Å². The normalized spacial score (nSPS) is 17.6. The predicted octanol–water partition coefficient (Wildman–Crippen LogP) is 5.23. The third-order valence-corrected chi connectivity index (χ3v) is 5.80. The molecule has 2 amide bonds. The molecule has 0 spiro atoms. The fourth-order valence-corrected chi connectivity index (χ4v) is 4.46. The molecular formula is C26H26N2O3. The van der Waals surface area contributed by atoms with Crippen molar-refractivity contribution in [1.82, 2.24) is 0 Å². The highest BCUT2D eigenvalue weighted by Crippen LogP contribution is 2.43. The third-order valence-electron chi connectivity index (χ3n) is 5.80. The van der Waals surface area contributed by atoms with E-state index in [-0.39, 0.29) is 23.9 Å². The average Bonchev–Trinajstić information content (AvgIpc) is 2.79. The third kappa shape index (κ3) is 3.79. The van der Waals surface area contributed by atoms with E-state index in [0.717, 1.165) is 16.9 Å². The molecule has 5 nitrogen and oxygen atoms in total. The van der Waals surface area contributed by atoms with E-state index in [1.54, 1.807) is 26.2 Å². The molecular weight excluding hydrogens is 388 g/mol. The Morgan fingerprint density at radius 1 is 0.935 bits per heavy atom. The Hall–Kier alpha value is -3.60. The van der Waals surface area contributed by atoms with E-state index >= 15 is 0 Å². The van der Waals surface area contributed by atoms with Gasteiger partial charge in [0.15, 0.2) is 0 Å². The Balaban J connectivity index is 1.80. The predicted molar refractivity (Wildman–Crippen MR) is 123 cm³/mol. The molecule has 1 aliphatic rings. The first-order valence-electron chi connectivity index (χ1n) is 10.4. The zero-order valence-corrected chi connectivity index (χ0v) is 18.0. The van der Waals surface area contributed by atoms with Crippen molar-refractivity contribution >= 4 is 23.2 Å². The maximum Gasteiger partial charge on any atom is 0.262 e. The van der Waals surface area contributed by atoms with E-state index in [1.165, 1.54) is 0 Å².